The van der Waals surface area contributed by atoms with Crippen molar-refractivity contribution in [3.05, 3.63) is 63.7 Å². The maximum atomic E-state index is 8.44. The van der Waals surface area contributed by atoms with E-state index in [0.29, 0.717) is 0 Å². The number of hydrogen-bond acceptors (Lipinski definition) is 2. The Labute approximate surface area is 129 Å². The van der Waals surface area contributed by atoms with Crippen LogP contribution in [0.15, 0.2) is 41.4 Å². The van der Waals surface area contributed by atoms with E-state index in [1.165, 1.54) is 11.9 Å². The highest BCUT2D eigenvalue weighted by Crippen LogP contribution is 2.26. The fraction of sp³-hybridized carbons (Fsp3) is 0.176. The predicted octanol–water partition coefficient (Wildman–Crippen LogP) is 4.28. The van der Waals surface area contributed by atoms with Crippen molar-refractivity contribution in [2.75, 3.05) is 0 Å². The Hall–Kier alpha value is -2.31. The monoisotopic (exact) mass is 297 g/mol. The lowest BCUT2D eigenvalue weighted by Gasteiger charge is -2.11. The number of nitriles is 1. The zero-order chi connectivity index (χ0) is 15.2. The zero-order valence-corrected chi connectivity index (χ0v) is 12.8. The lowest BCUT2D eigenvalue weighted by atomic mass is 9.97. The van der Waals surface area contributed by atoms with E-state index in [1.54, 1.807) is 0 Å². The second kappa shape index (κ2) is 6.92. The zero-order valence-electron chi connectivity index (χ0n) is 12.0. The van der Waals surface area contributed by atoms with Gasteiger partial charge in [-0.25, -0.2) is 4.99 Å². The number of rotatable bonds is 4. The average Bonchev–Trinajstić information content (AvgIpc) is 2.46. The lowest BCUT2D eigenvalue weighted by Crippen LogP contribution is -2.00. The van der Waals surface area contributed by atoms with E-state index in [2.05, 4.69) is 23.3 Å². The third-order valence-electron chi connectivity index (χ3n) is 3.33. The Kier molecular flexibility index (Phi) is 4.97. The van der Waals surface area contributed by atoms with Gasteiger partial charge in [0.2, 0.25) is 0 Å². The highest BCUT2D eigenvalue weighted by atomic mass is 35.5. The van der Waals surface area contributed by atoms with Crippen LogP contribution in [0.5, 0.6) is 0 Å². The Morgan fingerprint density at radius 1 is 1.19 bits per heavy atom. The summed E-state index contributed by atoms with van der Waals surface area (Å²) < 4.78 is 0. The highest BCUT2D eigenvalue weighted by molar-refractivity contribution is 6.31. The Balaban J connectivity index is 2.29. The van der Waals surface area contributed by atoms with Gasteiger partial charge >= 0.3 is 0 Å². The third kappa shape index (κ3) is 3.84. The van der Waals surface area contributed by atoms with E-state index in [1.807, 2.05) is 43.4 Å². The van der Waals surface area contributed by atoms with Crippen molar-refractivity contribution in [2.45, 2.75) is 20.3 Å². The van der Waals surface area contributed by atoms with Crippen molar-refractivity contribution in [3.8, 4) is 6.19 Å². The molecule has 3 nitrogen and oxygen atoms in total. The third-order valence-corrected chi connectivity index (χ3v) is 3.69. The van der Waals surface area contributed by atoms with Crippen LogP contribution in [0.3, 0.4) is 0 Å². The molecule has 0 spiro atoms. The normalized spacial score (nSPS) is 10.6. The van der Waals surface area contributed by atoms with Crippen molar-refractivity contribution in [1.82, 2.24) is 5.32 Å². The van der Waals surface area contributed by atoms with E-state index in [9.17, 15) is 0 Å². The summed E-state index contributed by atoms with van der Waals surface area (Å²) in [6.45, 7) is 4.07. The molecular weight excluding hydrogens is 282 g/mol. The van der Waals surface area contributed by atoms with Gasteiger partial charge in [-0.05, 0) is 54.7 Å². The van der Waals surface area contributed by atoms with Crippen molar-refractivity contribution < 1.29 is 0 Å². The number of aryl methyl sites for hydroxylation is 2. The summed E-state index contributed by atoms with van der Waals surface area (Å²) in [5.41, 5.74) is 5.43. The molecule has 0 unspecified atom stereocenters. The van der Waals surface area contributed by atoms with Crippen LogP contribution in [0.2, 0.25) is 5.02 Å². The molecule has 106 valence electrons. The fourth-order valence-electron chi connectivity index (χ4n) is 2.17. The minimum Gasteiger partial charge on any atom is -0.283 e. The van der Waals surface area contributed by atoms with Crippen LogP contribution in [0.25, 0.3) is 0 Å². The molecule has 0 saturated carbocycles. The second-order valence-corrected chi connectivity index (χ2v) is 5.25. The number of nitrogens with one attached hydrogen (secondary N) is 1. The van der Waals surface area contributed by atoms with Gasteiger partial charge < -0.3 is 0 Å². The van der Waals surface area contributed by atoms with Gasteiger partial charge in [-0.15, -0.1) is 0 Å². The quantitative estimate of drug-likeness (QED) is 0.396. The van der Waals surface area contributed by atoms with E-state index in [-0.39, 0.29) is 0 Å². The molecule has 0 saturated heterocycles. The lowest BCUT2D eigenvalue weighted by molar-refractivity contribution is 1.14. The van der Waals surface area contributed by atoms with Crippen LogP contribution in [-0.2, 0) is 6.42 Å². The van der Waals surface area contributed by atoms with Crippen LogP contribution >= 0.6 is 11.6 Å². The van der Waals surface area contributed by atoms with Gasteiger partial charge in [0.25, 0.3) is 0 Å². The maximum absolute atomic E-state index is 8.44. The fourth-order valence-corrected chi connectivity index (χ4v) is 2.37. The molecule has 0 bridgehead atoms. The van der Waals surface area contributed by atoms with Crippen molar-refractivity contribution >= 4 is 23.6 Å². The van der Waals surface area contributed by atoms with E-state index < -0.39 is 0 Å². The Morgan fingerprint density at radius 2 is 1.95 bits per heavy atom. The molecule has 0 atom stereocenters. The highest BCUT2D eigenvalue weighted by Gasteiger charge is 2.07. The number of benzene rings is 2. The van der Waals surface area contributed by atoms with Gasteiger partial charge in [-0.3, -0.25) is 5.32 Å². The summed E-state index contributed by atoms with van der Waals surface area (Å²) in [5, 5.41) is 11.6. The summed E-state index contributed by atoms with van der Waals surface area (Å²) in [5.74, 6) is 0. The van der Waals surface area contributed by atoms with Gasteiger partial charge in [0.1, 0.15) is 6.34 Å². The molecule has 0 amide bonds. The average molecular weight is 298 g/mol. The molecule has 2 aromatic carbocycles. The van der Waals surface area contributed by atoms with Gasteiger partial charge in [0.05, 0.1) is 5.69 Å². The SMILES string of the molecule is Cc1cc(N=CNC#N)c(C)cc1Cc1ccccc1Cl. The van der Waals surface area contributed by atoms with Crippen LogP contribution in [0.4, 0.5) is 5.69 Å². The topological polar surface area (TPSA) is 48.2 Å². The largest absolute Gasteiger partial charge is 0.283 e. The van der Waals surface area contributed by atoms with Crippen molar-refractivity contribution in [1.29, 1.82) is 5.26 Å². The molecule has 21 heavy (non-hydrogen) atoms. The number of halogens is 1. The summed E-state index contributed by atoms with van der Waals surface area (Å²) in [7, 11) is 0. The molecule has 2 aromatic rings. The first-order chi connectivity index (χ1) is 10.1. The molecule has 2 rings (SSSR count). The van der Waals surface area contributed by atoms with Gasteiger partial charge in [-0.1, -0.05) is 35.9 Å². The summed E-state index contributed by atoms with van der Waals surface area (Å²) in [6, 6.07) is 12.0. The number of aliphatic imine (C=N–C) groups is 1. The summed E-state index contributed by atoms with van der Waals surface area (Å²) in [6.07, 6.45) is 4.01. The van der Waals surface area contributed by atoms with E-state index in [4.69, 9.17) is 16.9 Å². The molecular formula is C17H16ClN3. The molecule has 0 aliphatic heterocycles. The molecule has 0 aliphatic carbocycles. The molecule has 1 N–H and O–H groups in total. The smallest absolute Gasteiger partial charge is 0.182 e. The summed E-state index contributed by atoms with van der Waals surface area (Å²) in [4.78, 5) is 4.24. The van der Waals surface area contributed by atoms with Gasteiger partial charge in [-0.2, -0.15) is 5.26 Å². The van der Waals surface area contributed by atoms with E-state index in [0.717, 1.165) is 33.8 Å². The Bertz CT molecular complexity index is 714. The maximum Gasteiger partial charge on any atom is 0.182 e. The molecule has 0 heterocycles. The number of hydrogen-bond donors (Lipinski definition) is 1. The predicted molar refractivity (Wildman–Crippen MR) is 87.1 cm³/mol. The van der Waals surface area contributed by atoms with Crippen LogP contribution in [0.1, 0.15) is 22.3 Å². The first-order valence-corrected chi connectivity index (χ1v) is 7.00. The first-order valence-electron chi connectivity index (χ1n) is 6.62. The summed E-state index contributed by atoms with van der Waals surface area (Å²) >= 11 is 6.22. The van der Waals surface area contributed by atoms with E-state index >= 15 is 0 Å². The first kappa shape index (κ1) is 15.1. The molecule has 0 fully saturated rings. The van der Waals surface area contributed by atoms with Gasteiger partial charge in [0.15, 0.2) is 6.19 Å². The van der Waals surface area contributed by atoms with Crippen molar-refractivity contribution in [2.24, 2.45) is 4.99 Å². The molecule has 0 radical (unpaired) electrons. The molecule has 0 aromatic heterocycles. The van der Waals surface area contributed by atoms with Gasteiger partial charge in [0, 0.05) is 5.02 Å². The minimum atomic E-state index is 0.787. The molecule has 4 heteroatoms. The Morgan fingerprint density at radius 3 is 2.67 bits per heavy atom. The number of nitrogens with zero attached hydrogens (tertiary/aromatic N) is 2. The van der Waals surface area contributed by atoms with Crippen molar-refractivity contribution in [3.63, 3.8) is 0 Å². The molecule has 0 aliphatic rings. The standard InChI is InChI=1S/C17H16ClN3/c1-12-8-17(21-11-20-10-19)13(2)7-15(12)9-14-5-3-4-6-16(14)18/h3-8,11H,9H2,1-2H3,(H,20,21). The van der Waals surface area contributed by atoms with Crippen LogP contribution in [-0.4, -0.2) is 6.34 Å². The van der Waals surface area contributed by atoms with Crippen LogP contribution < -0.4 is 5.32 Å². The van der Waals surface area contributed by atoms with Crippen LogP contribution in [0, 0.1) is 25.3 Å². The minimum absolute atomic E-state index is 0.787. The second-order valence-electron chi connectivity index (χ2n) is 4.85.